The predicted molar refractivity (Wildman–Crippen MR) is 86.4 cm³/mol. The van der Waals surface area contributed by atoms with Crippen molar-refractivity contribution in [3.63, 3.8) is 0 Å². The molecule has 0 bridgehead atoms. The van der Waals surface area contributed by atoms with Crippen LogP contribution in [0, 0.1) is 5.82 Å². The van der Waals surface area contributed by atoms with Gasteiger partial charge in [-0.1, -0.05) is 0 Å². The van der Waals surface area contributed by atoms with Crippen LogP contribution in [0.1, 0.15) is 0 Å². The number of pyridine rings is 1. The quantitative estimate of drug-likeness (QED) is 0.911. The summed E-state index contributed by atoms with van der Waals surface area (Å²) in [5, 5.41) is 5.06. The molecule has 0 spiro atoms. The van der Waals surface area contributed by atoms with Crippen LogP contribution in [-0.2, 0) is 10.0 Å². The number of anilines is 2. The third kappa shape index (κ3) is 3.59. The molecule has 6 nitrogen and oxygen atoms in total. The number of sulfonamides is 1. The molecular formula is C15H17FN4O2S. The van der Waals surface area contributed by atoms with Crippen molar-refractivity contribution in [3.8, 4) is 0 Å². The normalized spacial score (nSPS) is 15.7. The number of halogens is 1. The van der Waals surface area contributed by atoms with Crippen LogP contribution in [0.4, 0.5) is 15.9 Å². The summed E-state index contributed by atoms with van der Waals surface area (Å²) in [6, 6.07) is 9.57. The van der Waals surface area contributed by atoms with Crippen LogP contribution in [0.25, 0.3) is 0 Å². The predicted octanol–water partition coefficient (Wildman–Crippen LogP) is 1.19. The lowest BCUT2D eigenvalue weighted by molar-refractivity contribution is 0.597. The van der Waals surface area contributed by atoms with E-state index >= 15 is 0 Å². The molecule has 23 heavy (non-hydrogen) atoms. The molecule has 0 amide bonds. The minimum absolute atomic E-state index is 0.00574. The second-order valence-corrected chi connectivity index (χ2v) is 6.91. The van der Waals surface area contributed by atoms with Gasteiger partial charge < -0.3 is 9.80 Å². The first-order chi connectivity index (χ1) is 10.9. The van der Waals surface area contributed by atoms with Crippen LogP contribution in [0.5, 0.6) is 0 Å². The SMILES string of the molecule is NS(=O)(=O)c1ccc(N2CCN(c3ccc(F)cc3)CC2)nc1. The molecule has 1 fully saturated rings. The van der Waals surface area contributed by atoms with Crippen LogP contribution in [0.3, 0.4) is 0 Å². The minimum Gasteiger partial charge on any atom is -0.368 e. The summed E-state index contributed by atoms with van der Waals surface area (Å²) in [7, 11) is -3.72. The second kappa shape index (κ2) is 6.13. The van der Waals surface area contributed by atoms with Gasteiger partial charge in [0.15, 0.2) is 0 Å². The van der Waals surface area contributed by atoms with Crippen LogP contribution in [-0.4, -0.2) is 39.6 Å². The molecule has 1 aromatic carbocycles. The molecule has 3 rings (SSSR count). The maximum Gasteiger partial charge on any atom is 0.239 e. The molecule has 0 atom stereocenters. The third-order valence-electron chi connectivity index (χ3n) is 3.84. The number of primary sulfonamides is 1. The van der Waals surface area contributed by atoms with Gasteiger partial charge >= 0.3 is 0 Å². The number of nitrogens with two attached hydrogens (primary N) is 1. The number of aromatic nitrogens is 1. The van der Waals surface area contributed by atoms with E-state index in [2.05, 4.69) is 14.8 Å². The van der Waals surface area contributed by atoms with Crippen molar-refractivity contribution in [2.45, 2.75) is 4.90 Å². The first-order valence-corrected chi connectivity index (χ1v) is 8.72. The van der Waals surface area contributed by atoms with Crippen LogP contribution < -0.4 is 14.9 Å². The van der Waals surface area contributed by atoms with E-state index in [0.717, 1.165) is 37.7 Å². The summed E-state index contributed by atoms with van der Waals surface area (Å²) in [6.45, 7) is 3.06. The first-order valence-electron chi connectivity index (χ1n) is 7.18. The fourth-order valence-corrected chi connectivity index (χ4v) is 3.03. The average molecular weight is 336 g/mol. The zero-order valence-electron chi connectivity index (χ0n) is 12.4. The highest BCUT2D eigenvalue weighted by Crippen LogP contribution is 2.20. The fourth-order valence-electron chi connectivity index (χ4n) is 2.57. The molecule has 0 unspecified atom stereocenters. The lowest BCUT2D eigenvalue weighted by atomic mass is 10.2. The highest BCUT2D eigenvalue weighted by molar-refractivity contribution is 7.89. The number of piperazine rings is 1. The van der Waals surface area contributed by atoms with E-state index in [-0.39, 0.29) is 10.7 Å². The molecule has 1 aromatic heterocycles. The maximum absolute atomic E-state index is 13.0. The van der Waals surface area contributed by atoms with Crippen molar-refractivity contribution in [1.29, 1.82) is 0 Å². The van der Waals surface area contributed by atoms with E-state index in [1.807, 2.05) is 0 Å². The summed E-state index contributed by atoms with van der Waals surface area (Å²) in [5.74, 6) is 0.475. The summed E-state index contributed by atoms with van der Waals surface area (Å²) < 4.78 is 35.4. The van der Waals surface area contributed by atoms with Crippen molar-refractivity contribution in [2.24, 2.45) is 5.14 Å². The Balaban J connectivity index is 1.66. The number of hydrogen-bond acceptors (Lipinski definition) is 5. The van der Waals surface area contributed by atoms with Gasteiger partial charge in [0.1, 0.15) is 16.5 Å². The molecule has 1 saturated heterocycles. The van der Waals surface area contributed by atoms with Crippen molar-refractivity contribution < 1.29 is 12.8 Å². The second-order valence-electron chi connectivity index (χ2n) is 5.35. The largest absolute Gasteiger partial charge is 0.368 e. The van der Waals surface area contributed by atoms with E-state index in [1.165, 1.54) is 24.4 Å². The van der Waals surface area contributed by atoms with E-state index in [0.29, 0.717) is 0 Å². The van der Waals surface area contributed by atoms with Crippen LogP contribution in [0.2, 0.25) is 0 Å². The first kappa shape index (κ1) is 15.7. The smallest absolute Gasteiger partial charge is 0.239 e. The standard InChI is InChI=1S/C15H17FN4O2S/c16-12-1-3-13(4-2-12)19-7-9-20(10-8-19)15-6-5-14(11-18-15)23(17,21)22/h1-6,11H,7-10H2,(H2,17,21,22). The van der Waals surface area contributed by atoms with Gasteiger partial charge in [-0.25, -0.2) is 22.9 Å². The summed E-state index contributed by atoms with van der Waals surface area (Å²) in [4.78, 5) is 8.43. The van der Waals surface area contributed by atoms with Gasteiger partial charge in [0.05, 0.1) is 0 Å². The Hall–Kier alpha value is -2.19. The van der Waals surface area contributed by atoms with Crippen LogP contribution >= 0.6 is 0 Å². The highest BCUT2D eigenvalue weighted by Gasteiger charge is 2.19. The Labute approximate surface area is 134 Å². The Morgan fingerprint density at radius 3 is 2.09 bits per heavy atom. The van der Waals surface area contributed by atoms with E-state index in [1.54, 1.807) is 18.2 Å². The average Bonchev–Trinajstić information content (AvgIpc) is 2.55. The molecule has 2 N–H and O–H groups in total. The highest BCUT2D eigenvalue weighted by atomic mass is 32.2. The monoisotopic (exact) mass is 336 g/mol. The van der Waals surface area contributed by atoms with Crippen molar-refractivity contribution in [3.05, 3.63) is 48.4 Å². The summed E-state index contributed by atoms with van der Waals surface area (Å²) in [5.41, 5.74) is 0.989. The van der Waals surface area contributed by atoms with Gasteiger partial charge in [0.2, 0.25) is 10.0 Å². The van der Waals surface area contributed by atoms with Crippen molar-refractivity contribution in [1.82, 2.24) is 4.98 Å². The fraction of sp³-hybridized carbons (Fsp3) is 0.267. The molecule has 8 heteroatoms. The molecule has 2 heterocycles. The Bertz CT molecular complexity index is 770. The Morgan fingerprint density at radius 2 is 1.57 bits per heavy atom. The summed E-state index contributed by atoms with van der Waals surface area (Å²) in [6.07, 6.45) is 1.27. The minimum atomic E-state index is -3.72. The zero-order valence-corrected chi connectivity index (χ0v) is 13.2. The molecule has 0 saturated carbocycles. The van der Waals surface area contributed by atoms with Gasteiger partial charge in [-0.2, -0.15) is 0 Å². The van der Waals surface area contributed by atoms with Gasteiger partial charge in [0.25, 0.3) is 0 Å². The topological polar surface area (TPSA) is 79.5 Å². The van der Waals surface area contributed by atoms with E-state index < -0.39 is 10.0 Å². The van der Waals surface area contributed by atoms with Crippen molar-refractivity contribution >= 4 is 21.5 Å². The molecule has 122 valence electrons. The number of hydrogen-bond donors (Lipinski definition) is 1. The van der Waals surface area contributed by atoms with Crippen molar-refractivity contribution in [2.75, 3.05) is 36.0 Å². The van der Waals surface area contributed by atoms with Gasteiger partial charge in [-0.05, 0) is 36.4 Å². The van der Waals surface area contributed by atoms with E-state index in [9.17, 15) is 12.8 Å². The maximum atomic E-state index is 13.0. The Kier molecular flexibility index (Phi) is 4.18. The molecular weight excluding hydrogens is 319 g/mol. The van der Waals surface area contributed by atoms with Gasteiger partial charge in [-0.15, -0.1) is 0 Å². The molecule has 0 aliphatic carbocycles. The third-order valence-corrected chi connectivity index (χ3v) is 4.74. The molecule has 1 aliphatic heterocycles. The number of rotatable bonds is 3. The zero-order chi connectivity index (χ0) is 16.4. The van der Waals surface area contributed by atoms with Gasteiger partial charge in [0, 0.05) is 38.1 Å². The van der Waals surface area contributed by atoms with Gasteiger partial charge in [-0.3, -0.25) is 0 Å². The molecule has 0 radical (unpaired) electrons. The van der Waals surface area contributed by atoms with E-state index in [4.69, 9.17) is 5.14 Å². The number of nitrogens with zero attached hydrogens (tertiary/aromatic N) is 3. The lowest BCUT2D eigenvalue weighted by Gasteiger charge is -2.36. The molecule has 2 aromatic rings. The summed E-state index contributed by atoms with van der Waals surface area (Å²) >= 11 is 0. The van der Waals surface area contributed by atoms with Crippen LogP contribution in [0.15, 0.2) is 47.5 Å². The Morgan fingerprint density at radius 1 is 0.957 bits per heavy atom. The molecule has 1 aliphatic rings. The lowest BCUT2D eigenvalue weighted by Crippen LogP contribution is -2.46. The number of benzene rings is 1.